The van der Waals surface area contributed by atoms with Crippen molar-refractivity contribution in [3.05, 3.63) is 35.1 Å². The lowest BCUT2D eigenvalue weighted by molar-refractivity contribution is -0.138. The number of carboxylic acid groups (broad SMARTS) is 1. The van der Waals surface area contributed by atoms with E-state index in [4.69, 9.17) is 15.3 Å². The summed E-state index contributed by atoms with van der Waals surface area (Å²) in [6.45, 7) is 3.90. The molecule has 17 heavy (non-hydrogen) atoms. The van der Waals surface area contributed by atoms with Crippen molar-refractivity contribution in [2.75, 3.05) is 0 Å². The molecule has 0 aliphatic heterocycles. The molecule has 1 aromatic heterocycles. The minimum atomic E-state index is -0.981. The van der Waals surface area contributed by atoms with Crippen LogP contribution in [0.4, 0.5) is 0 Å². The van der Waals surface area contributed by atoms with E-state index in [2.05, 4.69) is 0 Å². The van der Waals surface area contributed by atoms with Gasteiger partial charge >= 0.3 is 5.97 Å². The van der Waals surface area contributed by atoms with E-state index in [9.17, 15) is 4.79 Å². The number of aryl methyl sites for hydroxylation is 2. The molecule has 1 aromatic carbocycles. The fraction of sp³-hybridized carbons (Fsp3) is 0.308. The summed E-state index contributed by atoms with van der Waals surface area (Å²) in [6.07, 6.45) is 0.328. The van der Waals surface area contributed by atoms with Gasteiger partial charge in [-0.1, -0.05) is 6.07 Å². The molecule has 2 rings (SSSR count). The molecular weight excluding hydrogens is 218 g/mol. The molecule has 0 aliphatic rings. The van der Waals surface area contributed by atoms with Crippen LogP contribution in [0.3, 0.4) is 0 Å². The summed E-state index contributed by atoms with van der Waals surface area (Å²) in [5.74, 6) is -0.0927. The van der Waals surface area contributed by atoms with E-state index in [1.54, 1.807) is 0 Å². The van der Waals surface area contributed by atoms with E-state index < -0.39 is 12.0 Å². The van der Waals surface area contributed by atoms with Gasteiger partial charge in [0.2, 0.25) is 0 Å². The van der Waals surface area contributed by atoms with Gasteiger partial charge in [0.1, 0.15) is 17.4 Å². The number of furan rings is 1. The van der Waals surface area contributed by atoms with Crippen LogP contribution in [0.2, 0.25) is 0 Å². The Bertz CT molecular complexity index is 571. The SMILES string of the molecule is Cc1oc2ccc(CC(N)C(=O)O)cc2c1C. The third kappa shape index (κ3) is 2.17. The molecule has 0 spiro atoms. The van der Waals surface area contributed by atoms with Gasteiger partial charge in [0.05, 0.1) is 0 Å². The summed E-state index contributed by atoms with van der Waals surface area (Å²) in [5, 5.41) is 9.80. The number of hydrogen-bond acceptors (Lipinski definition) is 3. The van der Waals surface area contributed by atoms with Gasteiger partial charge in [-0.3, -0.25) is 4.79 Å². The van der Waals surface area contributed by atoms with Gasteiger partial charge in [-0.15, -0.1) is 0 Å². The van der Waals surface area contributed by atoms with E-state index in [1.165, 1.54) is 0 Å². The Morgan fingerprint density at radius 3 is 2.82 bits per heavy atom. The van der Waals surface area contributed by atoms with E-state index in [-0.39, 0.29) is 0 Å². The average molecular weight is 233 g/mol. The van der Waals surface area contributed by atoms with Gasteiger partial charge in [0, 0.05) is 5.39 Å². The van der Waals surface area contributed by atoms with Crippen LogP contribution < -0.4 is 5.73 Å². The first-order chi connectivity index (χ1) is 7.99. The normalized spacial score (nSPS) is 12.9. The molecule has 0 amide bonds. The second kappa shape index (κ2) is 4.22. The molecule has 4 heteroatoms. The summed E-state index contributed by atoms with van der Waals surface area (Å²) in [4.78, 5) is 10.7. The zero-order chi connectivity index (χ0) is 12.6. The van der Waals surface area contributed by atoms with E-state index in [1.807, 2.05) is 32.0 Å². The van der Waals surface area contributed by atoms with Crippen LogP contribution in [0, 0.1) is 13.8 Å². The lowest BCUT2D eigenvalue weighted by Gasteiger charge is -2.06. The third-order valence-corrected chi connectivity index (χ3v) is 3.01. The first kappa shape index (κ1) is 11.7. The Balaban J connectivity index is 2.37. The standard InChI is InChI=1S/C13H15NO3/c1-7-8(2)17-12-4-3-9(5-10(7)12)6-11(14)13(15)16/h3-5,11H,6,14H2,1-2H3,(H,15,16). The molecule has 0 radical (unpaired) electrons. The van der Waals surface area contributed by atoms with Gasteiger partial charge in [-0.05, 0) is 43.5 Å². The Kier molecular flexibility index (Phi) is 2.90. The number of aliphatic carboxylic acids is 1. The molecule has 2 aromatic rings. The number of fused-ring (bicyclic) bond motifs is 1. The van der Waals surface area contributed by atoms with Crippen molar-refractivity contribution in [1.29, 1.82) is 0 Å². The van der Waals surface area contributed by atoms with Gasteiger partial charge in [0.15, 0.2) is 0 Å². The smallest absolute Gasteiger partial charge is 0.320 e. The fourth-order valence-electron chi connectivity index (χ4n) is 1.86. The van der Waals surface area contributed by atoms with E-state index in [0.717, 1.165) is 27.9 Å². The van der Waals surface area contributed by atoms with Crippen molar-refractivity contribution in [2.24, 2.45) is 5.73 Å². The quantitative estimate of drug-likeness (QED) is 0.850. The zero-order valence-corrected chi connectivity index (χ0v) is 9.86. The van der Waals surface area contributed by atoms with Crippen LogP contribution in [0.25, 0.3) is 11.0 Å². The van der Waals surface area contributed by atoms with Crippen molar-refractivity contribution in [3.8, 4) is 0 Å². The largest absolute Gasteiger partial charge is 0.480 e. The molecule has 1 atom stereocenters. The predicted octanol–water partition coefficient (Wildman–Crippen LogP) is 2.00. The summed E-state index contributed by atoms with van der Waals surface area (Å²) >= 11 is 0. The van der Waals surface area contributed by atoms with Gasteiger partial charge < -0.3 is 15.3 Å². The Morgan fingerprint density at radius 2 is 2.18 bits per heavy atom. The molecule has 1 unspecified atom stereocenters. The monoisotopic (exact) mass is 233 g/mol. The maximum Gasteiger partial charge on any atom is 0.320 e. The van der Waals surface area contributed by atoms with Crippen molar-refractivity contribution in [3.63, 3.8) is 0 Å². The minimum absolute atomic E-state index is 0.328. The lowest BCUT2D eigenvalue weighted by Crippen LogP contribution is -2.32. The molecule has 3 N–H and O–H groups in total. The Morgan fingerprint density at radius 1 is 1.47 bits per heavy atom. The van der Waals surface area contributed by atoms with Crippen molar-refractivity contribution in [2.45, 2.75) is 26.3 Å². The molecule has 0 saturated carbocycles. The second-order valence-corrected chi connectivity index (χ2v) is 4.26. The summed E-state index contributed by atoms with van der Waals surface area (Å²) in [6, 6.07) is 4.80. The molecule has 0 saturated heterocycles. The van der Waals surface area contributed by atoms with Crippen molar-refractivity contribution < 1.29 is 14.3 Å². The second-order valence-electron chi connectivity index (χ2n) is 4.26. The highest BCUT2D eigenvalue weighted by Gasteiger charge is 2.13. The van der Waals surface area contributed by atoms with Crippen molar-refractivity contribution in [1.82, 2.24) is 0 Å². The number of nitrogens with two attached hydrogens (primary N) is 1. The van der Waals surface area contributed by atoms with Crippen LogP contribution in [0.15, 0.2) is 22.6 Å². The fourth-order valence-corrected chi connectivity index (χ4v) is 1.86. The van der Waals surface area contributed by atoms with Gasteiger partial charge in [0.25, 0.3) is 0 Å². The summed E-state index contributed by atoms with van der Waals surface area (Å²) in [7, 11) is 0. The molecule has 0 bridgehead atoms. The average Bonchev–Trinajstić information content (AvgIpc) is 2.55. The number of hydrogen-bond donors (Lipinski definition) is 2. The maximum atomic E-state index is 10.7. The summed E-state index contributed by atoms with van der Waals surface area (Å²) < 4.78 is 5.56. The molecule has 90 valence electrons. The zero-order valence-electron chi connectivity index (χ0n) is 9.86. The summed E-state index contributed by atoms with van der Waals surface area (Å²) in [5.41, 5.74) is 8.34. The molecule has 1 heterocycles. The number of carbonyl (C=O) groups is 1. The van der Waals surface area contributed by atoms with Crippen LogP contribution in [0.1, 0.15) is 16.9 Å². The molecular formula is C13H15NO3. The van der Waals surface area contributed by atoms with Crippen molar-refractivity contribution >= 4 is 16.9 Å². The van der Waals surface area contributed by atoms with Gasteiger partial charge in [-0.25, -0.2) is 0 Å². The Labute approximate surface area is 99.0 Å². The Hall–Kier alpha value is -1.81. The first-order valence-electron chi connectivity index (χ1n) is 5.46. The highest BCUT2D eigenvalue weighted by Crippen LogP contribution is 2.25. The molecule has 4 nitrogen and oxygen atoms in total. The van der Waals surface area contributed by atoms with Crippen LogP contribution in [-0.4, -0.2) is 17.1 Å². The minimum Gasteiger partial charge on any atom is -0.480 e. The predicted molar refractivity (Wildman–Crippen MR) is 65.0 cm³/mol. The topological polar surface area (TPSA) is 76.5 Å². The molecule has 0 aliphatic carbocycles. The molecule has 0 fully saturated rings. The van der Waals surface area contributed by atoms with Crippen LogP contribution in [-0.2, 0) is 11.2 Å². The van der Waals surface area contributed by atoms with E-state index in [0.29, 0.717) is 6.42 Å². The van der Waals surface area contributed by atoms with Crippen LogP contribution >= 0.6 is 0 Å². The van der Waals surface area contributed by atoms with E-state index >= 15 is 0 Å². The number of benzene rings is 1. The maximum absolute atomic E-state index is 10.7. The van der Waals surface area contributed by atoms with Crippen LogP contribution in [0.5, 0.6) is 0 Å². The number of rotatable bonds is 3. The van der Waals surface area contributed by atoms with Gasteiger partial charge in [-0.2, -0.15) is 0 Å². The third-order valence-electron chi connectivity index (χ3n) is 3.01. The lowest BCUT2D eigenvalue weighted by atomic mass is 10.0. The highest BCUT2D eigenvalue weighted by atomic mass is 16.4. The number of carboxylic acids is 1. The highest BCUT2D eigenvalue weighted by molar-refractivity contribution is 5.83. The first-order valence-corrected chi connectivity index (χ1v) is 5.46.